The van der Waals surface area contributed by atoms with Crippen molar-refractivity contribution in [3.05, 3.63) is 53.7 Å². The molecule has 4 heterocycles. The second kappa shape index (κ2) is 9.56. The van der Waals surface area contributed by atoms with Gasteiger partial charge in [-0.3, -0.25) is 9.69 Å². The molecule has 9 nitrogen and oxygen atoms in total. The van der Waals surface area contributed by atoms with Gasteiger partial charge in [0.05, 0.1) is 25.3 Å². The Morgan fingerprint density at radius 3 is 2.60 bits per heavy atom. The van der Waals surface area contributed by atoms with Gasteiger partial charge in [0.15, 0.2) is 0 Å². The number of aliphatic hydroxyl groups excluding tert-OH is 1. The largest absolute Gasteiger partial charge is 0.497 e. The second-order valence-corrected chi connectivity index (χ2v) is 9.66. The van der Waals surface area contributed by atoms with Crippen LogP contribution in [0.5, 0.6) is 5.75 Å². The maximum atomic E-state index is 13.2. The smallest absolute Gasteiger partial charge is 0.249 e. The van der Waals surface area contributed by atoms with Crippen molar-refractivity contribution in [2.24, 2.45) is 7.05 Å². The summed E-state index contributed by atoms with van der Waals surface area (Å²) in [5.41, 5.74) is 4.22. The molecule has 0 radical (unpaired) electrons. The summed E-state index contributed by atoms with van der Waals surface area (Å²) < 4.78 is 12.8. The van der Waals surface area contributed by atoms with Crippen LogP contribution in [0.15, 0.2) is 36.9 Å². The van der Waals surface area contributed by atoms with E-state index in [1.165, 1.54) is 18.1 Å². The fourth-order valence-corrected chi connectivity index (χ4v) is 6.04. The molecule has 1 fully saturated rings. The lowest BCUT2D eigenvalue weighted by atomic mass is 9.68. The molecule has 0 unspecified atom stereocenters. The first-order valence-corrected chi connectivity index (χ1v) is 12.0. The Bertz CT molecular complexity index is 1200. The molecule has 1 amide bonds. The zero-order valence-corrected chi connectivity index (χ0v) is 20.6. The highest BCUT2D eigenvalue weighted by Crippen LogP contribution is 2.50. The number of fused-ring (bicyclic) bond motifs is 4. The maximum absolute atomic E-state index is 13.2. The zero-order valence-electron chi connectivity index (χ0n) is 20.6. The van der Waals surface area contributed by atoms with E-state index in [0.717, 1.165) is 55.0 Å². The quantitative estimate of drug-likeness (QED) is 0.578. The van der Waals surface area contributed by atoms with Crippen molar-refractivity contribution in [3.8, 4) is 5.75 Å². The summed E-state index contributed by atoms with van der Waals surface area (Å²) in [5, 5.41) is 11.6. The molecular weight excluding hydrogens is 446 g/mol. The van der Waals surface area contributed by atoms with E-state index in [4.69, 9.17) is 9.47 Å². The minimum atomic E-state index is -0.416. The van der Waals surface area contributed by atoms with E-state index in [-0.39, 0.29) is 24.5 Å². The summed E-state index contributed by atoms with van der Waals surface area (Å²) >= 11 is 0. The average Bonchev–Trinajstić information content (AvgIpc) is 3.19. The van der Waals surface area contributed by atoms with Crippen molar-refractivity contribution < 1.29 is 19.4 Å². The van der Waals surface area contributed by atoms with Crippen LogP contribution in [0.2, 0.25) is 0 Å². The number of aryl methyl sites for hydroxylation is 1. The number of benzene rings is 1. The summed E-state index contributed by atoms with van der Waals surface area (Å²) in [7, 11) is 5.22. The molecule has 1 atom stereocenters. The monoisotopic (exact) mass is 479 g/mol. The lowest BCUT2D eigenvalue weighted by Gasteiger charge is -2.50. The molecule has 2 aliphatic heterocycles. The SMILES string of the molecule is COCC(=O)N1CC2(CCN(Cc3cncnc3)CC2)c2c(n(C)c3cc(OC)ccc23)[C@H]1CO. The molecule has 186 valence electrons. The number of carbonyl (C=O) groups excluding carboxylic acids is 1. The highest BCUT2D eigenvalue weighted by molar-refractivity contribution is 5.89. The number of aliphatic hydroxyl groups is 1. The van der Waals surface area contributed by atoms with Gasteiger partial charge in [-0.1, -0.05) is 0 Å². The minimum absolute atomic E-state index is 0.000187. The lowest BCUT2D eigenvalue weighted by molar-refractivity contribution is -0.141. The zero-order chi connectivity index (χ0) is 24.6. The van der Waals surface area contributed by atoms with E-state index in [1.54, 1.807) is 13.4 Å². The van der Waals surface area contributed by atoms with Crippen LogP contribution in [0.25, 0.3) is 10.9 Å². The predicted octanol–water partition coefficient (Wildman–Crippen LogP) is 2.03. The first-order valence-electron chi connectivity index (χ1n) is 12.0. The summed E-state index contributed by atoms with van der Waals surface area (Å²) in [5.74, 6) is 0.695. The molecule has 1 aromatic carbocycles. The number of nitrogens with zero attached hydrogens (tertiary/aromatic N) is 5. The fourth-order valence-electron chi connectivity index (χ4n) is 6.04. The normalized spacial score (nSPS) is 19.8. The van der Waals surface area contributed by atoms with E-state index in [0.29, 0.717) is 6.54 Å². The molecule has 35 heavy (non-hydrogen) atoms. The Morgan fingerprint density at radius 1 is 1.20 bits per heavy atom. The Balaban J connectivity index is 1.57. The van der Waals surface area contributed by atoms with Crippen LogP contribution < -0.4 is 4.74 Å². The third-order valence-corrected chi connectivity index (χ3v) is 7.74. The minimum Gasteiger partial charge on any atom is -0.497 e. The second-order valence-electron chi connectivity index (χ2n) is 9.66. The van der Waals surface area contributed by atoms with Crippen molar-refractivity contribution in [1.82, 2.24) is 24.3 Å². The van der Waals surface area contributed by atoms with Crippen LogP contribution in [0.3, 0.4) is 0 Å². The standard InChI is InChI=1S/C26H33N5O4/c1-29-21-10-19(35-3)4-5-20(21)24-25(29)22(14-32)31(23(33)15-34-2)16-26(24)6-8-30(9-7-26)13-18-11-27-17-28-12-18/h4-5,10-12,17,22,32H,6-9,13-16H2,1-3H3/t22-/m1/s1. The van der Waals surface area contributed by atoms with Crippen LogP contribution in [0, 0.1) is 0 Å². The highest BCUT2D eigenvalue weighted by Gasteiger charge is 2.49. The van der Waals surface area contributed by atoms with Gasteiger partial charge >= 0.3 is 0 Å². The Hall–Kier alpha value is -3.01. The topological polar surface area (TPSA) is 93.0 Å². The molecule has 1 N–H and O–H groups in total. The summed E-state index contributed by atoms with van der Waals surface area (Å²) in [6.07, 6.45) is 7.11. The van der Waals surface area contributed by atoms with Crippen molar-refractivity contribution in [1.29, 1.82) is 0 Å². The number of carbonyl (C=O) groups is 1. The molecule has 0 bridgehead atoms. The Labute approximate surface area is 205 Å². The predicted molar refractivity (Wildman–Crippen MR) is 131 cm³/mol. The summed E-state index contributed by atoms with van der Waals surface area (Å²) in [6, 6.07) is 5.75. The average molecular weight is 480 g/mol. The van der Waals surface area contributed by atoms with Crippen molar-refractivity contribution >= 4 is 16.8 Å². The number of hydrogen-bond donors (Lipinski definition) is 1. The first kappa shape index (κ1) is 23.7. The van der Waals surface area contributed by atoms with E-state index < -0.39 is 6.04 Å². The van der Waals surface area contributed by atoms with Crippen LogP contribution in [-0.4, -0.2) is 82.4 Å². The van der Waals surface area contributed by atoms with E-state index in [9.17, 15) is 9.90 Å². The number of hydrogen-bond acceptors (Lipinski definition) is 7. The molecular formula is C26H33N5O4. The van der Waals surface area contributed by atoms with Gasteiger partial charge in [-0.15, -0.1) is 0 Å². The number of likely N-dealkylation sites (tertiary alicyclic amines) is 1. The molecule has 1 saturated heterocycles. The maximum Gasteiger partial charge on any atom is 0.249 e. The number of amides is 1. The number of piperidine rings is 1. The first-order chi connectivity index (χ1) is 17.0. The van der Waals surface area contributed by atoms with Gasteiger partial charge in [0.1, 0.15) is 18.7 Å². The van der Waals surface area contributed by atoms with Gasteiger partial charge < -0.3 is 24.0 Å². The molecule has 2 aliphatic rings. The fraction of sp³-hybridized carbons (Fsp3) is 0.500. The molecule has 2 aromatic heterocycles. The number of methoxy groups -OCH3 is 2. The van der Waals surface area contributed by atoms with Gasteiger partial charge in [-0.2, -0.15) is 0 Å². The van der Waals surface area contributed by atoms with Crippen molar-refractivity contribution in [3.63, 3.8) is 0 Å². The summed E-state index contributed by atoms with van der Waals surface area (Å²) in [4.78, 5) is 25.7. The summed E-state index contributed by atoms with van der Waals surface area (Å²) in [6.45, 7) is 3.04. The van der Waals surface area contributed by atoms with Crippen molar-refractivity contribution in [2.75, 3.05) is 47.1 Å². The molecule has 5 rings (SSSR count). The number of aromatic nitrogens is 3. The Kier molecular flexibility index (Phi) is 6.48. The number of rotatable bonds is 6. The third-order valence-electron chi connectivity index (χ3n) is 7.74. The van der Waals surface area contributed by atoms with Crippen LogP contribution in [0.1, 0.15) is 35.7 Å². The molecule has 1 spiro atoms. The van der Waals surface area contributed by atoms with E-state index in [1.807, 2.05) is 36.5 Å². The third kappa shape index (κ3) is 4.07. The van der Waals surface area contributed by atoms with Crippen LogP contribution >= 0.6 is 0 Å². The van der Waals surface area contributed by atoms with Crippen LogP contribution in [0.4, 0.5) is 0 Å². The van der Waals surface area contributed by atoms with Gasteiger partial charge in [0, 0.05) is 67.8 Å². The van der Waals surface area contributed by atoms with Gasteiger partial charge in [0.25, 0.3) is 0 Å². The Morgan fingerprint density at radius 2 is 1.94 bits per heavy atom. The van der Waals surface area contributed by atoms with Crippen LogP contribution in [-0.2, 0) is 28.5 Å². The van der Waals surface area contributed by atoms with E-state index in [2.05, 4.69) is 25.5 Å². The van der Waals surface area contributed by atoms with Gasteiger partial charge in [-0.25, -0.2) is 9.97 Å². The lowest BCUT2D eigenvalue weighted by Crippen LogP contribution is -2.56. The van der Waals surface area contributed by atoms with Gasteiger partial charge in [0.2, 0.25) is 5.91 Å². The van der Waals surface area contributed by atoms with Crippen molar-refractivity contribution in [2.45, 2.75) is 30.8 Å². The highest BCUT2D eigenvalue weighted by atomic mass is 16.5. The molecule has 0 aliphatic carbocycles. The van der Waals surface area contributed by atoms with E-state index >= 15 is 0 Å². The molecule has 3 aromatic rings. The molecule has 9 heteroatoms. The molecule has 0 saturated carbocycles. The number of ether oxygens (including phenoxy) is 2. The van der Waals surface area contributed by atoms with Gasteiger partial charge in [-0.05, 0) is 43.6 Å².